The van der Waals surface area contributed by atoms with Gasteiger partial charge in [-0.1, -0.05) is 29.8 Å². The van der Waals surface area contributed by atoms with Crippen LogP contribution in [0.1, 0.15) is 17.5 Å². The van der Waals surface area contributed by atoms with Crippen molar-refractivity contribution in [2.24, 2.45) is 0 Å². The third kappa shape index (κ3) is 3.73. The Balaban J connectivity index is 2.83. The quantitative estimate of drug-likeness (QED) is 0.829. The van der Waals surface area contributed by atoms with E-state index in [1.165, 1.54) is 6.08 Å². The highest BCUT2D eigenvalue weighted by molar-refractivity contribution is 6.32. The molecule has 15 heavy (non-hydrogen) atoms. The summed E-state index contributed by atoms with van der Waals surface area (Å²) >= 11 is 5.89. The van der Waals surface area contributed by atoms with E-state index in [0.717, 1.165) is 5.56 Å². The number of aliphatic hydroxyl groups is 1. The number of hydrogen-bond donors (Lipinski definition) is 2. The van der Waals surface area contributed by atoms with Gasteiger partial charge in [-0.25, -0.2) is 0 Å². The number of carboxylic acids is 1. The molecule has 0 aromatic heterocycles. The topological polar surface area (TPSA) is 57.5 Å². The lowest BCUT2D eigenvalue weighted by Gasteiger charge is -2.01. The molecule has 1 aromatic rings. The molecule has 0 unspecified atom stereocenters. The first-order valence-electron chi connectivity index (χ1n) is 4.41. The smallest absolute Gasteiger partial charge is 0.307 e. The average molecular weight is 227 g/mol. The first-order valence-corrected chi connectivity index (χ1v) is 4.79. The van der Waals surface area contributed by atoms with Crippen LogP contribution in [0.15, 0.2) is 24.3 Å². The number of aliphatic hydroxyl groups excluding tert-OH is 1. The summed E-state index contributed by atoms with van der Waals surface area (Å²) in [5.74, 6) is -0.888. The van der Waals surface area contributed by atoms with E-state index in [4.69, 9.17) is 21.8 Å². The Morgan fingerprint density at radius 3 is 2.80 bits per heavy atom. The molecule has 0 aliphatic rings. The molecule has 0 heterocycles. The van der Waals surface area contributed by atoms with Gasteiger partial charge in [0, 0.05) is 5.02 Å². The number of benzene rings is 1. The second-order valence-corrected chi connectivity index (χ2v) is 3.42. The molecule has 0 amide bonds. The van der Waals surface area contributed by atoms with Gasteiger partial charge in [-0.2, -0.15) is 0 Å². The highest BCUT2D eigenvalue weighted by Crippen LogP contribution is 2.19. The van der Waals surface area contributed by atoms with Crippen molar-refractivity contribution in [2.45, 2.75) is 13.0 Å². The van der Waals surface area contributed by atoms with E-state index in [1.54, 1.807) is 24.3 Å². The highest BCUT2D eigenvalue weighted by atomic mass is 35.5. The average Bonchev–Trinajstić information content (AvgIpc) is 2.20. The van der Waals surface area contributed by atoms with E-state index >= 15 is 0 Å². The van der Waals surface area contributed by atoms with Gasteiger partial charge < -0.3 is 10.2 Å². The second-order valence-electron chi connectivity index (χ2n) is 3.01. The van der Waals surface area contributed by atoms with Crippen molar-refractivity contribution in [3.8, 4) is 0 Å². The molecule has 0 radical (unpaired) electrons. The molecule has 0 aliphatic heterocycles. The zero-order chi connectivity index (χ0) is 11.3. The maximum atomic E-state index is 10.3. The second kappa shape index (κ2) is 5.53. The Kier molecular flexibility index (Phi) is 4.34. The monoisotopic (exact) mass is 226 g/mol. The van der Waals surface area contributed by atoms with Crippen molar-refractivity contribution in [2.75, 3.05) is 0 Å². The zero-order valence-corrected chi connectivity index (χ0v) is 8.74. The Morgan fingerprint density at radius 1 is 1.47 bits per heavy atom. The number of carboxylic acid groups (broad SMARTS) is 1. The molecule has 0 saturated heterocycles. The van der Waals surface area contributed by atoms with Crippen molar-refractivity contribution in [3.05, 3.63) is 40.4 Å². The molecule has 3 nitrogen and oxygen atoms in total. The molecule has 0 saturated carbocycles. The molecule has 2 N–H and O–H groups in total. The SMILES string of the molecule is O=C(O)CC=Cc1cc(CO)ccc1Cl. The van der Waals surface area contributed by atoms with Crippen LogP contribution in [0.3, 0.4) is 0 Å². The molecule has 80 valence electrons. The van der Waals surface area contributed by atoms with Crippen molar-refractivity contribution in [1.82, 2.24) is 0 Å². The Bertz CT molecular complexity index is 385. The fourth-order valence-corrected chi connectivity index (χ4v) is 1.29. The minimum Gasteiger partial charge on any atom is -0.481 e. The van der Waals surface area contributed by atoms with Gasteiger partial charge in [0.2, 0.25) is 0 Å². The third-order valence-corrected chi connectivity index (χ3v) is 2.18. The van der Waals surface area contributed by atoms with Gasteiger partial charge in [-0.15, -0.1) is 0 Å². The molecule has 1 rings (SSSR count). The van der Waals surface area contributed by atoms with Gasteiger partial charge >= 0.3 is 5.97 Å². The summed E-state index contributed by atoms with van der Waals surface area (Å²) in [6.45, 7) is -0.0586. The fourth-order valence-electron chi connectivity index (χ4n) is 1.11. The molecule has 0 fully saturated rings. The lowest BCUT2D eigenvalue weighted by molar-refractivity contribution is -0.135. The summed E-state index contributed by atoms with van der Waals surface area (Å²) in [6, 6.07) is 5.12. The predicted molar refractivity (Wildman–Crippen MR) is 58.7 cm³/mol. The largest absolute Gasteiger partial charge is 0.481 e. The summed E-state index contributed by atoms with van der Waals surface area (Å²) in [5.41, 5.74) is 1.46. The molecule has 0 bridgehead atoms. The summed E-state index contributed by atoms with van der Waals surface area (Å²) in [4.78, 5) is 10.3. The third-order valence-electron chi connectivity index (χ3n) is 1.83. The standard InChI is InChI=1S/C11H11ClO3/c12-10-5-4-8(7-13)6-9(10)2-1-3-11(14)15/h1-2,4-6,13H,3,7H2,(H,14,15). The van der Waals surface area contributed by atoms with Crippen molar-refractivity contribution in [3.63, 3.8) is 0 Å². The van der Waals surface area contributed by atoms with Crippen molar-refractivity contribution < 1.29 is 15.0 Å². The summed E-state index contributed by atoms with van der Waals surface area (Å²) in [6.07, 6.45) is 3.11. The van der Waals surface area contributed by atoms with Crippen LogP contribution in [0.5, 0.6) is 0 Å². The lowest BCUT2D eigenvalue weighted by atomic mass is 10.1. The molecule has 0 aliphatic carbocycles. The minimum atomic E-state index is -0.888. The molecule has 0 atom stereocenters. The normalized spacial score (nSPS) is 10.8. The van der Waals surface area contributed by atoms with Crippen LogP contribution in [0.25, 0.3) is 6.08 Å². The van der Waals surface area contributed by atoms with E-state index < -0.39 is 5.97 Å². The number of carbonyl (C=O) groups is 1. The maximum absolute atomic E-state index is 10.3. The lowest BCUT2D eigenvalue weighted by Crippen LogP contribution is -1.90. The molecular formula is C11H11ClO3. The van der Waals surface area contributed by atoms with E-state index in [1.807, 2.05) is 0 Å². The van der Waals surface area contributed by atoms with Gasteiger partial charge in [-0.3, -0.25) is 4.79 Å². The Labute approximate surface area is 92.6 Å². The van der Waals surface area contributed by atoms with Crippen molar-refractivity contribution in [1.29, 1.82) is 0 Å². The number of halogens is 1. The van der Waals surface area contributed by atoms with E-state index in [9.17, 15) is 4.79 Å². The number of rotatable bonds is 4. The molecular weight excluding hydrogens is 216 g/mol. The van der Waals surface area contributed by atoms with Crippen LogP contribution in [0.4, 0.5) is 0 Å². The van der Waals surface area contributed by atoms with E-state index in [-0.39, 0.29) is 13.0 Å². The number of hydrogen-bond acceptors (Lipinski definition) is 2. The summed E-state index contributed by atoms with van der Waals surface area (Å²) < 4.78 is 0. The van der Waals surface area contributed by atoms with Crippen molar-refractivity contribution >= 4 is 23.6 Å². The highest BCUT2D eigenvalue weighted by Gasteiger charge is 1.98. The van der Waals surface area contributed by atoms with Crippen LogP contribution in [-0.4, -0.2) is 16.2 Å². The van der Waals surface area contributed by atoms with Gasteiger partial charge in [-0.05, 0) is 23.3 Å². The fraction of sp³-hybridized carbons (Fsp3) is 0.182. The van der Waals surface area contributed by atoms with Gasteiger partial charge in [0.1, 0.15) is 0 Å². The first kappa shape index (κ1) is 11.8. The van der Waals surface area contributed by atoms with Gasteiger partial charge in [0.15, 0.2) is 0 Å². The Hall–Kier alpha value is -1.32. The van der Waals surface area contributed by atoms with Crippen LogP contribution in [0.2, 0.25) is 5.02 Å². The van der Waals surface area contributed by atoms with Gasteiger partial charge in [0.25, 0.3) is 0 Å². The van der Waals surface area contributed by atoms with Gasteiger partial charge in [0.05, 0.1) is 13.0 Å². The number of aliphatic carboxylic acids is 1. The minimum absolute atomic E-state index is 0.0420. The first-order chi connectivity index (χ1) is 7.13. The zero-order valence-electron chi connectivity index (χ0n) is 7.98. The Morgan fingerprint density at radius 2 is 2.20 bits per heavy atom. The van der Waals surface area contributed by atoms with Crippen LogP contribution in [-0.2, 0) is 11.4 Å². The van der Waals surface area contributed by atoms with Crippen LogP contribution < -0.4 is 0 Å². The molecule has 1 aromatic carbocycles. The van der Waals surface area contributed by atoms with E-state index in [0.29, 0.717) is 10.6 Å². The van der Waals surface area contributed by atoms with Crippen LogP contribution >= 0.6 is 11.6 Å². The maximum Gasteiger partial charge on any atom is 0.307 e. The predicted octanol–water partition coefficient (Wildman–Crippen LogP) is 2.32. The summed E-state index contributed by atoms with van der Waals surface area (Å²) in [5, 5.41) is 17.9. The summed E-state index contributed by atoms with van der Waals surface area (Å²) in [7, 11) is 0. The van der Waals surface area contributed by atoms with Crippen LogP contribution in [0, 0.1) is 0 Å². The van der Waals surface area contributed by atoms with E-state index in [2.05, 4.69) is 0 Å². The molecule has 4 heteroatoms. The molecule has 0 spiro atoms.